The van der Waals surface area contributed by atoms with Crippen molar-refractivity contribution >= 4 is 17.7 Å². The second-order valence-electron chi connectivity index (χ2n) is 6.32. The summed E-state index contributed by atoms with van der Waals surface area (Å²) >= 11 is 1.21. The van der Waals surface area contributed by atoms with Gasteiger partial charge in [0.2, 0.25) is 5.91 Å². The zero-order valence-corrected chi connectivity index (χ0v) is 16.8. The van der Waals surface area contributed by atoms with Crippen LogP contribution in [-0.4, -0.2) is 26.4 Å². The molecule has 0 atom stereocenters. The average molecular weight is 436 g/mol. The van der Waals surface area contributed by atoms with Crippen LogP contribution in [0.4, 0.5) is 13.2 Å². The van der Waals surface area contributed by atoms with Crippen molar-refractivity contribution in [1.29, 1.82) is 0 Å². The maximum Gasteiger partial charge on any atom is 0.416 e. The molecule has 0 fully saturated rings. The second-order valence-corrected chi connectivity index (χ2v) is 7.27. The summed E-state index contributed by atoms with van der Waals surface area (Å²) in [5, 5.41) is 11.3. The van der Waals surface area contributed by atoms with E-state index < -0.39 is 11.7 Å². The molecular weight excluding hydrogens is 417 g/mol. The Bertz CT molecular complexity index is 993. The van der Waals surface area contributed by atoms with Crippen molar-refractivity contribution in [2.75, 3.05) is 5.75 Å². The largest absolute Gasteiger partial charge is 0.486 e. The highest BCUT2D eigenvalue weighted by Gasteiger charge is 2.30. The van der Waals surface area contributed by atoms with E-state index in [9.17, 15) is 18.0 Å². The van der Waals surface area contributed by atoms with E-state index in [1.807, 2.05) is 30.3 Å². The number of thioether (sulfide) groups is 1. The lowest BCUT2D eigenvalue weighted by atomic mass is 10.2. The van der Waals surface area contributed by atoms with E-state index in [-0.39, 0.29) is 24.0 Å². The van der Waals surface area contributed by atoms with Crippen LogP contribution in [0.3, 0.4) is 0 Å². The van der Waals surface area contributed by atoms with E-state index in [1.54, 1.807) is 11.6 Å². The number of nitrogens with zero attached hydrogens (tertiary/aromatic N) is 3. The molecule has 0 saturated heterocycles. The van der Waals surface area contributed by atoms with Gasteiger partial charge in [-0.25, -0.2) is 0 Å². The Morgan fingerprint density at radius 1 is 1.13 bits per heavy atom. The molecule has 0 aliphatic heterocycles. The number of carbonyl (C=O) groups is 1. The number of hydrogen-bond acceptors (Lipinski definition) is 5. The fraction of sp³-hybridized carbons (Fsp3) is 0.250. The SMILES string of the molecule is Cn1c(COc2cccc(C(F)(F)F)c2)nnc1SCC(=O)NCc1ccccc1. The first-order valence-electron chi connectivity index (χ1n) is 8.94. The van der Waals surface area contributed by atoms with Crippen LogP contribution in [0.1, 0.15) is 17.0 Å². The molecule has 1 amide bonds. The number of aromatic nitrogens is 3. The van der Waals surface area contributed by atoms with Crippen LogP contribution in [0.25, 0.3) is 0 Å². The molecule has 3 rings (SSSR count). The Balaban J connectivity index is 1.50. The molecule has 0 radical (unpaired) electrons. The van der Waals surface area contributed by atoms with E-state index in [0.717, 1.165) is 17.7 Å². The molecule has 3 aromatic rings. The van der Waals surface area contributed by atoms with E-state index in [0.29, 0.717) is 17.5 Å². The zero-order valence-electron chi connectivity index (χ0n) is 16.0. The minimum absolute atomic E-state index is 0.0500. The van der Waals surface area contributed by atoms with Crippen LogP contribution in [0.5, 0.6) is 5.75 Å². The summed E-state index contributed by atoms with van der Waals surface area (Å²) < 4.78 is 45.4. The predicted molar refractivity (Wildman–Crippen MR) is 106 cm³/mol. The second kappa shape index (κ2) is 9.66. The number of halogens is 3. The third-order valence-electron chi connectivity index (χ3n) is 4.12. The average Bonchev–Trinajstić information content (AvgIpc) is 3.09. The van der Waals surface area contributed by atoms with Crippen LogP contribution >= 0.6 is 11.8 Å². The number of benzene rings is 2. The zero-order chi connectivity index (χ0) is 21.6. The first-order valence-corrected chi connectivity index (χ1v) is 9.93. The number of carbonyl (C=O) groups excluding carboxylic acids is 1. The van der Waals surface area contributed by atoms with Crippen molar-refractivity contribution < 1.29 is 22.7 Å². The van der Waals surface area contributed by atoms with Crippen molar-refractivity contribution in [3.05, 3.63) is 71.5 Å². The number of alkyl halides is 3. The molecule has 6 nitrogen and oxygen atoms in total. The van der Waals surface area contributed by atoms with Crippen molar-refractivity contribution in [3.8, 4) is 5.75 Å². The van der Waals surface area contributed by atoms with Crippen LogP contribution in [0, 0.1) is 0 Å². The summed E-state index contributed by atoms with van der Waals surface area (Å²) in [4.78, 5) is 12.0. The van der Waals surface area contributed by atoms with Gasteiger partial charge in [0.25, 0.3) is 0 Å². The van der Waals surface area contributed by atoms with Crippen LogP contribution in [0.2, 0.25) is 0 Å². The van der Waals surface area contributed by atoms with Gasteiger partial charge in [-0.15, -0.1) is 10.2 Å². The molecule has 158 valence electrons. The summed E-state index contributed by atoms with van der Waals surface area (Å²) in [7, 11) is 1.70. The van der Waals surface area contributed by atoms with E-state index in [4.69, 9.17) is 4.74 Å². The molecule has 1 heterocycles. The molecule has 1 N–H and O–H groups in total. The summed E-state index contributed by atoms with van der Waals surface area (Å²) in [5.74, 6) is 0.531. The molecule has 0 bridgehead atoms. The number of amides is 1. The Hall–Kier alpha value is -3.01. The molecule has 0 unspecified atom stereocenters. The fourth-order valence-electron chi connectivity index (χ4n) is 2.48. The highest BCUT2D eigenvalue weighted by molar-refractivity contribution is 7.99. The maximum atomic E-state index is 12.8. The lowest BCUT2D eigenvalue weighted by Gasteiger charge is -2.10. The topological polar surface area (TPSA) is 69.0 Å². The minimum Gasteiger partial charge on any atom is -0.486 e. The number of hydrogen-bond donors (Lipinski definition) is 1. The summed E-state index contributed by atoms with van der Waals surface area (Å²) in [6.07, 6.45) is -4.44. The van der Waals surface area contributed by atoms with Gasteiger partial charge in [-0.2, -0.15) is 13.2 Å². The molecule has 0 aliphatic carbocycles. The molecular formula is C20H19F3N4O2S. The number of rotatable bonds is 8. The van der Waals surface area contributed by atoms with Gasteiger partial charge >= 0.3 is 6.18 Å². The minimum atomic E-state index is -4.44. The molecule has 2 aromatic carbocycles. The van der Waals surface area contributed by atoms with E-state index in [2.05, 4.69) is 15.5 Å². The summed E-state index contributed by atoms with van der Waals surface area (Å²) in [6, 6.07) is 14.2. The fourth-order valence-corrected chi connectivity index (χ4v) is 3.24. The van der Waals surface area contributed by atoms with Gasteiger partial charge in [0.1, 0.15) is 12.4 Å². The van der Waals surface area contributed by atoms with Crippen LogP contribution in [0.15, 0.2) is 59.8 Å². The molecule has 10 heteroatoms. The smallest absolute Gasteiger partial charge is 0.416 e. The lowest BCUT2D eigenvalue weighted by Crippen LogP contribution is -2.24. The van der Waals surface area contributed by atoms with E-state index in [1.165, 1.54) is 23.9 Å². The highest BCUT2D eigenvalue weighted by atomic mass is 32.2. The van der Waals surface area contributed by atoms with Gasteiger partial charge in [0.15, 0.2) is 11.0 Å². The quantitative estimate of drug-likeness (QED) is 0.544. The van der Waals surface area contributed by atoms with E-state index >= 15 is 0 Å². The van der Waals surface area contributed by atoms with Gasteiger partial charge in [-0.05, 0) is 23.8 Å². The standard InChI is InChI=1S/C20H19F3N4O2S/c1-27-17(12-29-16-9-5-8-15(10-16)20(21,22)23)25-26-19(27)30-13-18(28)24-11-14-6-3-2-4-7-14/h2-10H,11-13H2,1H3,(H,24,28). The molecule has 0 saturated carbocycles. The summed E-state index contributed by atoms with van der Waals surface area (Å²) in [5.41, 5.74) is 0.222. The van der Waals surface area contributed by atoms with Crippen molar-refractivity contribution in [2.45, 2.75) is 24.5 Å². The molecule has 0 aliphatic rings. The van der Waals surface area contributed by atoms with Gasteiger partial charge in [0.05, 0.1) is 11.3 Å². The van der Waals surface area contributed by atoms with Crippen LogP contribution in [-0.2, 0) is 31.2 Å². The Morgan fingerprint density at radius 2 is 1.90 bits per heavy atom. The first kappa shape index (κ1) is 21.7. The Labute approximate surface area is 175 Å². The van der Waals surface area contributed by atoms with Crippen molar-refractivity contribution in [2.24, 2.45) is 7.05 Å². The number of nitrogens with one attached hydrogen (secondary N) is 1. The predicted octanol–water partition coefficient (Wildman–Crippen LogP) is 3.82. The first-order chi connectivity index (χ1) is 14.3. The number of ether oxygens (including phenoxy) is 1. The third-order valence-corrected chi connectivity index (χ3v) is 5.14. The normalized spacial score (nSPS) is 11.3. The van der Waals surface area contributed by atoms with Gasteiger partial charge in [0, 0.05) is 13.6 Å². The maximum absolute atomic E-state index is 12.8. The highest BCUT2D eigenvalue weighted by Crippen LogP contribution is 2.31. The van der Waals surface area contributed by atoms with Gasteiger partial charge in [-0.1, -0.05) is 48.2 Å². The molecule has 0 spiro atoms. The summed E-state index contributed by atoms with van der Waals surface area (Å²) in [6.45, 7) is 0.390. The van der Waals surface area contributed by atoms with Gasteiger partial charge < -0.3 is 14.6 Å². The molecule has 30 heavy (non-hydrogen) atoms. The lowest BCUT2D eigenvalue weighted by molar-refractivity contribution is -0.137. The monoisotopic (exact) mass is 436 g/mol. The Kier molecular flexibility index (Phi) is 6.99. The Morgan fingerprint density at radius 3 is 2.63 bits per heavy atom. The third kappa shape index (κ3) is 5.99. The molecule has 1 aromatic heterocycles. The van der Waals surface area contributed by atoms with Crippen molar-refractivity contribution in [3.63, 3.8) is 0 Å². The van der Waals surface area contributed by atoms with Crippen molar-refractivity contribution in [1.82, 2.24) is 20.1 Å². The van der Waals surface area contributed by atoms with Crippen LogP contribution < -0.4 is 10.1 Å². The van der Waals surface area contributed by atoms with Gasteiger partial charge in [-0.3, -0.25) is 4.79 Å².